The monoisotopic (exact) mass is 273 g/mol. The summed E-state index contributed by atoms with van der Waals surface area (Å²) in [6.07, 6.45) is 1.72. The van der Waals surface area contributed by atoms with Crippen molar-refractivity contribution in [3.63, 3.8) is 0 Å². The summed E-state index contributed by atoms with van der Waals surface area (Å²) < 4.78 is 1.51. The van der Waals surface area contributed by atoms with Crippen molar-refractivity contribution in [2.24, 2.45) is 5.92 Å². The Labute approximate surface area is 115 Å². The van der Waals surface area contributed by atoms with Crippen LogP contribution in [0.1, 0.15) is 11.3 Å². The lowest BCUT2D eigenvalue weighted by Gasteiger charge is -2.36. The summed E-state index contributed by atoms with van der Waals surface area (Å²) in [5.74, 6) is -1.05. The first kappa shape index (κ1) is 12.8. The van der Waals surface area contributed by atoms with E-state index in [2.05, 4.69) is 4.98 Å². The van der Waals surface area contributed by atoms with Gasteiger partial charge in [0.15, 0.2) is 0 Å². The van der Waals surface area contributed by atoms with Crippen LogP contribution in [0.3, 0.4) is 0 Å². The van der Waals surface area contributed by atoms with Crippen LogP contribution in [0, 0.1) is 12.8 Å². The van der Waals surface area contributed by atoms with Gasteiger partial charge in [-0.05, 0) is 24.6 Å². The molecule has 0 amide bonds. The number of carboxylic acid groups (broad SMARTS) is 1. The number of aryl methyl sites for hydroxylation is 1. The largest absolute Gasteiger partial charge is 0.481 e. The smallest absolute Gasteiger partial charge is 0.309 e. The third kappa shape index (κ3) is 2.30. The van der Waals surface area contributed by atoms with Gasteiger partial charge in [-0.15, -0.1) is 0 Å². The van der Waals surface area contributed by atoms with E-state index in [1.165, 1.54) is 10.5 Å². The molecule has 1 fully saturated rings. The number of aliphatic carboxylic acids is 1. The summed E-state index contributed by atoms with van der Waals surface area (Å²) in [7, 11) is 0. The van der Waals surface area contributed by atoms with Gasteiger partial charge in [0.2, 0.25) is 0 Å². The van der Waals surface area contributed by atoms with E-state index in [4.69, 9.17) is 5.11 Å². The fourth-order valence-electron chi connectivity index (χ4n) is 2.42. The van der Waals surface area contributed by atoms with Gasteiger partial charge in [-0.3, -0.25) is 18.9 Å². The van der Waals surface area contributed by atoms with Crippen molar-refractivity contribution in [1.82, 2.24) is 14.3 Å². The van der Waals surface area contributed by atoms with E-state index in [0.29, 0.717) is 31.0 Å². The standard InChI is InChI=1S/C14H15N3O3/c1-9-2-3-17-12(4-9)15-11(5-13(17)18)8-16-6-10(7-16)14(19)20/h2-5,10H,6-8H2,1H3,(H,19,20). The van der Waals surface area contributed by atoms with Gasteiger partial charge in [-0.25, -0.2) is 4.98 Å². The third-order valence-electron chi connectivity index (χ3n) is 3.57. The van der Waals surface area contributed by atoms with Crippen LogP contribution in [-0.4, -0.2) is 38.4 Å². The van der Waals surface area contributed by atoms with E-state index in [-0.39, 0.29) is 11.5 Å². The lowest BCUT2D eigenvalue weighted by molar-refractivity contribution is -0.147. The SMILES string of the molecule is Cc1ccn2c(=O)cc(CN3CC(C(=O)O)C3)nc2c1. The van der Waals surface area contributed by atoms with Gasteiger partial charge in [-0.1, -0.05) is 0 Å². The van der Waals surface area contributed by atoms with Crippen molar-refractivity contribution in [1.29, 1.82) is 0 Å². The molecule has 0 saturated carbocycles. The average Bonchev–Trinajstić information content (AvgIpc) is 2.32. The van der Waals surface area contributed by atoms with E-state index < -0.39 is 5.97 Å². The number of carboxylic acids is 1. The maximum atomic E-state index is 12.0. The molecule has 20 heavy (non-hydrogen) atoms. The number of rotatable bonds is 3. The van der Waals surface area contributed by atoms with Crippen LogP contribution in [0.4, 0.5) is 0 Å². The molecular formula is C14H15N3O3. The Morgan fingerprint density at radius 1 is 1.45 bits per heavy atom. The van der Waals surface area contributed by atoms with Crippen molar-refractivity contribution in [2.45, 2.75) is 13.5 Å². The minimum atomic E-state index is -0.761. The summed E-state index contributed by atoms with van der Waals surface area (Å²) >= 11 is 0. The number of likely N-dealkylation sites (tertiary alicyclic amines) is 1. The summed E-state index contributed by atoms with van der Waals surface area (Å²) in [5, 5.41) is 8.84. The molecule has 3 heterocycles. The highest BCUT2D eigenvalue weighted by Gasteiger charge is 2.32. The predicted octanol–water partition coefficient (Wildman–Crippen LogP) is 0.519. The first-order valence-electron chi connectivity index (χ1n) is 6.47. The Morgan fingerprint density at radius 2 is 2.20 bits per heavy atom. The minimum absolute atomic E-state index is 0.111. The van der Waals surface area contributed by atoms with Crippen LogP contribution in [0.25, 0.3) is 5.65 Å². The molecule has 2 aromatic heterocycles. The molecule has 3 rings (SSSR count). The molecule has 0 radical (unpaired) electrons. The molecule has 104 valence electrons. The second-order valence-corrected chi connectivity index (χ2v) is 5.25. The molecule has 1 saturated heterocycles. The van der Waals surface area contributed by atoms with Crippen LogP contribution in [0.5, 0.6) is 0 Å². The molecule has 1 aliphatic rings. The minimum Gasteiger partial charge on any atom is -0.481 e. The lowest BCUT2D eigenvalue weighted by atomic mass is 10.0. The van der Waals surface area contributed by atoms with E-state index in [9.17, 15) is 9.59 Å². The number of aromatic nitrogens is 2. The quantitative estimate of drug-likeness (QED) is 0.882. The van der Waals surface area contributed by atoms with E-state index in [1.807, 2.05) is 24.0 Å². The molecule has 1 aliphatic heterocycles. The van der Waals surface area contributed by atoms with Crippen molar-refractivity contribution < 1.29 is 9.90 Å². The molecule has 6 nitrogen and oxygen atoms in total. The topological polar surface area (TPSA) is 74.9 Å². The number of pyridine rings is 1. The number of hydrogen-bond donors (Lipinski definition) is 1. The number of hydrogen-bond acceptors (Lipinski definition) is 4. The molecule has 0 spiro atoms. The summed E-state index contributed by atoms with van der Waals surface area (Å²) in [4.78, 5) is 29.2. The zero-order chi connectivity index (χ0) is 14.3. The van der Waals surface area contributed by atoms with Crippen LogP contribution in [0.2, 0.25) is 0 Å². The zero-order valence-electron chi connectivity index (χ0n) is 11.1. The first-order chi connectivity index (χ1) is 9.52. The molecule has 2 aromatic rings. The highest BCUT2D eigenvalue weighted by atomic mass is 16.4. The number of fused-ring (bicyclic) bond motifs is 1. The highest BCUT2D eigenvalue weighted by Crippen LogP contribution is 2.17. The lowest BCUT2D eigenvalue weighted by Crippen LogP contribution is -2.49. The van der Waals surface area contributed by atoms with Gasteiger partial charge in [0, 0.05) is 31.9 Å². The molecular weight excluding hydrogens is 258 g/mol. The molecule has 0 unspecified atom stereocenters. The van der Waals surface area contributed by atoms with Crippen molar-refractivity contribution in [2.75, 3.05) is 13.1 Å². The van der Waals surface area contributed by atoms with Crippen LogP contribution >= 0.6 is 0 Å². The molecule has 1 N–H and O–H groups in total. The molecule has 6 heteroatoms. The van der Waals surface area contributed by atoms with Gasteiger partial charge < -0.3 is 5.11 Å². The van der Waals surface area contributed by atoms with Gasteiger partial charge in [0.05, 0.1) is 11.6 Å². The summed E-state index contributed by atoms with van der Waals surface area (Å²) in [6, 6.07) is 5.24. The van der Waals surface area contributed by atoms with Crippen molar-refractivity contribution >= 4 is 11.6 Å². The zero-order valence-corrected chi connectivity index (χ0v) is 11.1. The summed E-state index contributed by atoms with van der Waals surface area (Å²) in [5.41, 5.74) is 2.25. The van der Waals surface area contributed by atoms with E-state index in [0.717, 1.165) is 5.56 Å². The highest BCUT2D eigenvalue weighted by molar-refractivity contribution is 5.71. The Morgan fingerprint density at radius 3 is 2.90 bits per heavy atom. The Kier molecular flexibility index (Phi) is 3.02. The molecule has 0 aromatic carbocycles. The predicted molar refractivity (Wildman–Crippen MR) is 72.6 cm³/mol. The number of carbonyl (C=O) groups is 1. The Hall–Kier alpha value is -2.21. The van der Waals surface area contributed by atoms with E-state index in [1.54, 1.807) is 6.20 Å². The second-order valence-electron chi connectivity index (χ2n) is 5.25. The fraction of sp³-hybridized carbons (Fsp3) is 0.357. The second kappa shape index (κ2) is 4.72. The normalized spacial score (nSPS) is 16.2. The van der Waals surface area contributed by atoms with Crippen LogP contribution in [0.15, 0.2) is 29.2 Å². The van der Waals surface area contributed by atoms with E-state index >= 15 is 0 Å². The van der Waals surface area contributed by atoms with Crippen LogP contribution in [-0.2, 0) is 11.3 Å². The van der Waals surface area contributed by atoms with Crippen molar-refractivity contribution in [3.05, 3.63) is 46.0 Å². The maximum Gasteiger partial charge on any atom is 0.309 e. The number of nitrogens with zero attached hydrogens (tertiary/aromatic N) is 3. The van der Waals surface area contributed by atoms with Gasteiger partial charge in [-0.2, -0.15) is 0 Å². The van der Waals surface area contributed by atoms with Crippen molar-refractivity contribution in [3.8, 4) is 0 Å². The fourth-order valence-corrected chi connectivity index (χ4v) is 2.42. The summed E-state index contributed by atoms with van der Waals surface area (Å²) in [6.45, 7) is 3.50. The van der Waals surface area contributed by atoms with Crippen LogP contribution < -0.4 is 5.56 Å². The Bertz CT molecular complexity index is 732. The first-order valence-corrected chi connectivity index (χ1v) is 6.47. The average molecular weight is 273 g/mol. The molecule has 0 aliphatic carbocycles. The molecule has 0 atom stereocenters. The van der Waals surface area contributed by atoms with Gasteiger partial charge in [0.1, 0.15) is 5.65 Å². The third-order valence-corrected chi connectivity index (χ3v) is 3.57. The van der Waals surface area contributed by atoms with Gasteiger partial charge >= 0.3 is 5.97 Å². The molecule has 0 bridgehead atoms. The maximum absolute atomic E-state index is 12.0. The van der Waals surface area contributed by atoms with Gasteiger partial charge in [0.25, 0.3) is 5.56 Å². The Balaban J connectivity index is 1.83.